The van der Waals surface area contributed by atoms with Gasteiger partial charge in [0.15, 0.2) is 0 Å². The molecule has 3 rings (SSSR count). The van der Waals surface area contributed by atoms with Gasteiger partial charge in [0.2, 0.25) is 0 Å². The topological polar surface area (TPSA) is 53.6 Å². The second kappa shape index (κ2) is 6.69. The quantitative estimate of drug-likeness (QED) is 0.766. The first-order valence-corrected chi connectivity index (χ1v) is 7.40. The molecule has 0 bridgehead atoms. The van der Waals surface area contributed by atoms with Gasteiger partial charge in [-0.05, 0) is 35.9 Å². The normalized spacial score (nSPS) is 11.1. The van der Waals surface area contributed by atoms with Gasteiger partial charge in [0, 0.05) is 24.6 Å². The third kappa shape index (κ3) is 3.80. The molecule has 0 atom stereocenters. The van der Waals surface area contributed by atoms with E-state index in [0.717, 1.165) is 23.4 Å². The molecule has 0 saturated carbocycles. The minimum atomic E-state index is -4.46. The molecule has 25 heavy (non-hydrogen) atoms. The van der Waals surface area contributed by atoms with Crippen LogP contribution in [0.5, 0.6) is 0 Å². The van der Waals surface area contributed by atoms with Crippen molar-refractivity contribution < 1.29 is 13.2 Å². The molecule has 7 heteroatoms. The van der Waals surface area contributed by atoms with Crippen LogP contribution in [0.1, 0.15) is 16.7 Å². The van der Waals surface area contributed by atoms with E-state index in [1.54, 1.807) is 18.6 Å². The van der Waals surface area contributed by atoms with Crippen molar-refractivity contribution in [2.75, 3.05) is 5.32 Å². The molecular weight excluding hydrogens is 329 g/mol. The zero-order valence-electron chi connectivity index (χ0n) is 13.0. The summed E-state index contributed by atoms with van der Waals surface area (Å²) in [4.78, 5) is 3.98. The summed E-state index contributed by atoms with van der Waals surface area (Å²) in [6, 6.07) is 12.5. The molecule has 0 spiro atoms. The molecule has 0 saturated heterocycles. The monoisotopic (exact) mass is 342 g/mol. The van der Waals surface area contributed by atoms with Crippen LogP contribution in [-0.2, 0) is 12.7 Å². The van der Waals surface area contributed by atoms with Crippen LogP contribution in [0.3, 0.4) is 0 Å². The van der Waals surface area contributed by atoms with Gasteiger partial charge in [0.1, 0.15) is 6.07 Å². The number of hydrogen-bond acceptors (Lipinski definition) is 3. The van der Waals surface area contributed by atoms with Crippen LogP contribution in [0.4, 0.5) is 18.9 Å². The number of aromatic nitrogens is 2. The second-order valence-electron chi connectivity index (χ2n) is 5.36. The number of nitrogens with zero attached hydrogens (tertiary/aromatic N) is 3. The van der Waals surface area contributed by atoms with Crippen LogP contribution >= 0.6 is 0 Å². The minimum Gasteiger partial charge on any atom is -0.380 e. The van der Waals surface area contributed by atoms with Crippen LogP contribution in [0, 0.1) is 11.3 Å². The third-order valence-electron chi connectivity index (χ3n) is 3.69. The van der Waals surface area contributed by atoms with Crippen molar-refractivity contribution >= 4 is 5.69 Å². The highest BCUT2D eigenvalue weighted by Crippen LogP contribution is 2.31. The van der Waals surface area contributed by atoms with E-state index in [1.165, 1.54) is 6.07 Å². The Morgan fingerprint density at radius 1 is 1.12 bits per heavy atom. The van der Waals surface area contributed by atoms with Crippen molar-refractivity contribution in [1.82, 2.24) is 9.55 Å². The first-order chi connectivity index (χ1) is 12.0. The number of imidazole rings is 1. The zero-order valence-corrected chi connectivity index (χ0v) is 13.0. The summed E-state index contributed by atoms with van der Waals surface area (Å²) >= 11 is 0. The molecule has 0 aliphatic carbocycles. The Morgan fingerprint density at radius 2 is 1.88 bits per heavy atom. The van der Waals surface area contributed by atoms with E-state index in [1.807, 2.05) is 35.0 Å². The van der Waals surface area contributed by atoms with Gasteiger partial charge >= 0.3 is 6.18 Å². The number of hydrogen-bond donors (Lipinski definition) is 1. The van der Waals surface area contributed by atoms with Gasteiger partial charge in [-0.25, -0.2) is 4.98 Å². The number of alkyl halides is 3. The van der Waals surface area contributed by atoms with Gasteiger partial charge in [-0.2, -0.15) is 18.4 Å². The van der Waals surface area contributed by atoms with Crippen LogP contribution in [0.2, 0.25) is 0 Å². The zero-order chi connectivity index (χ0) is 17.9. The van der Waals surface area contributed by atoms with E-state index in [9.17, 15) is 13.2 Å². The van der Waals surface area contributed by atoms with Crippen LogP contribution in [0.25, 0.3) is 5.69 Å². The van der Waals surface area contributed by atoms with Gasteiger partial charge in [-0.15, -0.1) is 0 Å². The molecular formula is C18H13F3N4. The van der Waals surface area contributed by atoms with Crippen LogP contribution < -0.4 is 5.32 Å². The molecule has 2 aromatic carbocycles. The van der Waals surface area contributed by atoms with Crippen LogP contribution in [0.15, 0.2) is 61.2 Å². The van der Waals surface area contributed by atoms with Gasteiger partial charge in [-0.1, -0.05) is 12.1 Å². The minimum absolute atomic E-state index is 0.0372. The van der Waals surface area contributed by atoms with Gasteiger partial charge < -0.3 is 9.88 Å². The highest BCUT2D eigenvalue weighted by atomic mass is 19.4. The molecule has 1 N–H and O–H groups in total. The first kappa shape index (κ1) is 16.6. The fourth-order valence-electron chi connectivity index (χ4n) is 2.36. The summed E-state index contributed by atoms with van der Waals surface area (Å²) in [6.45, 7) is 0.393. The van der Waals surface area contributed by atoms with Gasteiger partial charge in [-0.3, -0.25) is 0 Å². The van der Waals surface area contributed by atoms with E-state index >= 15 is 0 Å². The lowest BCUT2D eigenvalue weighted by atomic mass is 10.1. The lowest BCUT2D eigenvalue weighted by molar-refractivity contribution is -0.137. The number of nitrogens with one attached hydrogen (secondary N) is 1. The summed E-state index contributed by atoms with van der Waals surface area (Å²) in [5.74, 6) is 0. The Bertz CT molecular complexity index is 892. The molecule has 126 valence electrons. The summed E-state index contributed by atoms with van der Waals surface area (Å²) in [5, 5.41) is 12.1. The maximum atomic E-state index is 12.7. The molecule has 0 fully saturated rings. The average molecular weight is 342 g/mol. The summed E-state index contributed by atoms with van der Waals surface area (Å²) in [6.07, 6.45) is 0.736. The summed E-state index contributed by atoms with van der Waals surface area (Å²) in [5.41, 5.74) is 1.39. The smallest absolute Gasteiger partial charge is 0.380 e. The van der Waals surface area contributed by atoms with Crippen molar-refractivity contribution in [3.8, 4) is 11.8 Å². The maximum absolute atomic E-state index is 12.7. The molecule has 0 aliphatic rings. The third-order valence-corrected chi connectivity index (χ3v) is 3.69. The van der Waals surface area contributed by atoms with Crippen molar-refractivity contribution in [3.05, 3.63) is 77.9 Å². The SMILES string of the molecule is N#Cc1cc(C(F)(F)F)ccc1NCc1ccc(-n2ccnc2)cc1. The predicted octanol–water partition coefficient (Wildman–Crippen LogP) is 4.37. The van der Waals surface area contributed by atoms with E-state index in [2.05, 4.69) is 10.3 Å². The second-order valence-corrected chi connectivity index (χ2v) is 5.36. The van der Waals surface area contributed by atoms with Gasteiger partial charge in [0.25, 0.3) is 0 Å². The standard InChI is InChI=1S/C18H13F3N4/c19-18(20,21)15-3-6-17(14(9-15)10-22)24-11-13-1-4-16(5-2-13)25-8-7-23-12-25/h1-9,12,24H,11H2. The Kier molecular flexibility index (Phi) is 4.44. The molecule has 0 aliphatic heterocycles. The summed E-state index contributed by atoms with van der Waals surface area (Å²) in [7, 11) is 0. The molecule has 0 amide bonds. The molecule has 1 aromatic heterocycles. The highest BCUT2D eigenvalue weighted by Gasteiger charge is 2.31. The first-order valence-electron chi connectivity index (χ1n) is 7.40. The number of halogens is 3. The van der Waals surface area contributed by atoms with E-state index in [-0.39, 0.29) is 5.56 Å². The predicted molar refractivity (Wildman–Crippen MR) is 87.0 cm³/mol. The molecule has 0 unspecified atom stereocenters. The van der Waals surface area contributed by atoms with Crippen molar-refractivity contribution in [2.45, 2.75) is 12.7 Å². The average Bonchev–Trinajstić information content (AvgIpc) is 3.14. The van der Waals surface area contributed by atoms with Gasteiger partial charge in [0.05, 0.1) is 23.1 Å². The Hall–Kier alpha value is -3.27. The van der Waals surface area contributed by atoms with Crippen molar-refractivity contribution in [1.29, 1.82) is 5.26 Å². The molecule has 1 heterocycles. The lowest BCUT2D eigenvalue weighted by Crippen LogP contribution is -2.07. The Balaban J connectivity index is 1.72. The van der Waals surface area contributed by atoms with E-state index in [0.29, 0.717) is 12.2 Å². The Morgan fingerprint density at radius 3 is 2.48 bits per heavy atom. The van der Waals surface area contributed by atoms with Crippen LogP contribution in [-0.4, -0.2) is 9.55 Å². The van der Waals surface area contributed by atoms with Crippen molar-refractivity contribution in [2.24, 2.45) is 0 Å². The number of nitriles is 1. The number of anilines is 1. The lowest BCUT2D eigenvalue weighted by Gasteiger charge is -2.12. The fraction of sp³-hybridized carbons (Fsp3) is 0.111. The van der Waals surface area contributed by atoms with E-state index < -0.39 is 11.7 Å². The molecule has 3 aromatic rings. The largest absolute Gasteiger partial charge is 0.416 e. The maximum Gasteiger partial charge on any atom is 0.416 e. The molecule has 0 radical (unpaired) electrons. The molecule has 4 nitrogen and oxygen atoms in total. The highest BCUT2D eigenvalue weighted by molar-refractivity contribution is 5.59. The fourth-order valence-corrected chi connectivity index (χ4v) is 2.36. The summed E-state index contributed by atoms with van der Waals surface area (Å²) < 4.78 is 40.0. The van der Waals surface area contributed by atoms with Crippen molar-refractivity contribution in [3.63, 3.8) is 0 Å². The number of benzene rings is 2. The van der Waals surface area contributed by atoms with E-state index in [4.69, 9.17) is 5.26 Å². The number of rotatable bonds is 4. The Labute approximate surface area is 142 Å².